The van der Waals surface area contributed by atoms with Gasteiger partial charge in [0.2, 0.25) is 0 Å². The Labute approximate surface area is 228 Å². The van der Waals surface area contributed by atoms with Gasteiger partial charge in [0.15, 0.2) is 0 Å². The van der Waals surface area contributed by atoms with Gasteiger partial charge in [-0.25, -0.2) is 4.79 Å². The van der Waals surface area contributed by atoms with E-state index in [1.807, 2.05) is 37.3 Å². The van der Waals surface area contributed by atoms with Crippen molar-refractivity contribution >= 4 is 12.1 Å². The molecule has 1 aliphatic rings. The summed E-state index contributed by atoms with van der Waals surface area (Å²) in [6.07, 6.45) is -3.55. The van der Waals surface area contributed by atoms with Crippen molar-refractivity contribution in [3.63, 3.8) is 0 Å². The fourth-order valence-corrected chi connectivity index (χ4v) is 5.11. The molecule has 5 rings (SSSR count). The third-order valence-electron chi connectivity index (χ3n) is 7.03. The number of hydrogen-bond acceptors (Lipinski definition) is 4. The number of rotatable bonds is 7. The average molecular weight is 547 g/mol. The molecule has 0 bridgehead atoms. The molecular weight excluding hydrogens is 521 g/mol. The number of benzene rings is 3. The maximum Gasteiger partial charge on any atom is 0.416 e. The minimum Gasteiger partial charge on any atom is -0.481 e. The van der Waals surface area contributed by atoms with E-state index >= 15 is 0 Å². The molecular formula is C31H25F3N2O4. The fourth-order valence-electron chi connectivity index (χ4n) is 5.11. The Morgan fingerprint density at radius 2 is 1.68 bits per heavy atom. The summed E-state index contributed by atoms with van der Waals surface area (Å²) < 4.78 is 47.9. The molecule has 9 heteroatoms. The van der Waals surface area contributed by atoms with E-state index in [-0.39, 0.29) is 23.7 Å². The third-order valence-corrected chi connectivity index (χ3v) is 7.03. The van der Waals surface area contributed by atoms with Crippen molar-refractivity contribution in [3.8, 4) is 22.3 Å². The monoisotopic (exact) mass is 546 g/mol. The van der Waals surface area contributed by atoms with Crippen molar-refractivity contribution in [2.45, 2.75) is 38.2 Å². The minimum atomic E-state index is -4.76. The highest BCUT2D eigenvalue weighted by Gasteiger charge is 2.40. The van der Waals surface area contributed by atoms with Crippen molar-refractivity contribution < 1.29 is 32.6 Å². The normalized spacial score (nSPS) is 17.1. The number of carboxylic acids is 1. The van der Waals surface area contributed by atoms with Gasteiger partial charge in [-0.3, -0.25) is 14.7 Å². The molecule has 0 aliphatic carbocycles. The number of carbonyl (C=O) groups is 2. The molecule has 0 unspecified atom stereocenters. The van der Waals surface area contributed by atoms with Gasteiger partial charge in [-0.1, -0.05) is 60.7 Å². The first-order valence-corrected chi connectivity index (χ1v) is 12.6. The van der Waals surface area contributed by atoms with Gasteiger partial charge in [-0.2, -0.15) is 13.2 Å². The van der Waals surface area contributed by atoms with Crippen LogP contribution in [0.3, 0.4) is 0 Å². The van der Waals surface area contributed by atoms with Crippen LogP contribution in [-0.2, 0) is 28.7 Å². The summed E-state index contributed by atoms with van der Waals surface area (Å²) in [5.41, 5.74) is 1.84. The van der Waals surface area contributed by atoms with Gasteiger partial charge in [0.25, 0.3) is 0 Å². The van der Waals surface area contributed by atoms with Gasteiger partial charge in [0.05, 0.1) is 24.6 Å². The average Bonchev–Trinajstić information content (AvgIpc) is 3.21. The maximum atomic E-state index is 14.1. The molecule has 2 heterocycles. The lowest BCUT2D eigenvalue weighted by atomic mass is 9.87. The van der Waals surface area contributed by atoms with E-state index < -0.39 is 36.3 Å². The van der Waals surface area contributed by atoms with E-state index in [1.165, 1.54) is 18.5 Å². The lowest BCUT2D eigenvalue weighted by Gasteiger charge is -2.24. The molecule has 1 fully saturated rings. The van der Waals surface area contributed by atoms with E-state index in [0.717, 1.165) is 11.6 Å². The Hall–Kier alpha value is -4.66. The number of aliphatic carboxylic acids is 1. The molecule has 1 N–H and O–H groups in total. The number of carboxylic acid groups (broad SMARTS) is 1. The van der Waals surface area contributed by atoms with Crippen molar-refractivity contribution in [3.05, 3.63) is 114 Å². The smallest absolute Gasteiger partial charge is 0.416 e. The van der Waals surface area contributed by atoms with Crippen LogP contribution in [0.4, 0.5) is 18.0 Å². The third kappa shape index (κ3) is 5.40. The highest BCUT2D eigenvalue weighted by atomic mass is 19.4. The number of halogens is 3. The second-order valence-electron chi connectivity index (χ2n) is 9.61. The van der Waals surface area contributed by atoms with Crippen LogP contribution in [0.2, 0.25) is 0 Å². The molecule has 1 aromatic heterocycles. The SMILES string of the molecule is C[C@H]1[C@@H](c2ccccc2)OC(=O)N1Cc1ccccc1-c1cc(CC(=O)O)c(C(F)(F)F)cc1-c1cccnc1. The molecule has 0 saturated carbocycles. The van der Waals surface area contributed by atoms with Crippen LogP contribution in [0.5, 0.6) is 0 Å². The maximum absolute atomic E-state index is 14.1. The number of aromatic nitrogens is 1. The molecule has 0 spiro atoms. The Bertz CT molecular complexity index is 1540. The number of pyridine rings is 1. The zero-order chi connectivity index (χ0) is 28.4. The summed E-state index contributed by atoms with van der Waals surface area (Å²) in [5, 5.41) is 9.39. The van der Waals surface area contributed by atoms with Gasteiger partial charge in [0.1, 0.15) is 6.10 Å². The summed E-state index contributed by atoms with van der Waals surface area (Å²) in [5.74, 6) is -1.38. The van der Waals surface area contributed by atoms with E-state index in [1.54, 1.807) is 41.3 Å². The summed E-state index contributed by atoms with van der Waals surface area (Å²) >= 11 is 0. The van der Waals surface area contributed by atoms with Crippen LogP contribution in [-0.4, -0.2) is 33.1 Å². The van der Waals surface area contributed by atoms with E-state index in [0.29, 0.717) is 22.3 Å². The molecule has 4 aromatic rings. The molecule has 1 aliphatic heterocycles. The second-order valence-corrected chi connectivity index (χ2v) is 9.61. The molecule has 6 nitrogen and oxygen atoms in total. The van der Waals surface area contributed by atoms with Crippen LogP contribution >= 0.6 is 0 Å². The molecule has 2 atom stereocenters. The standard InChI is InChI=1S/C31H25F3N2O4/c1-19-29(20-8-3-2-4-9-20)40-30(39)36(19)18-22-10-5-6-12-24(22)26-14-23(15-28(37)38)27(31(32,33)34)16-25(26)21-11-7-13-35-17-21/h2-14,16-17,19,29H,15,18H2,1H3,(H,37,38)/t19-,29-/m0/s1. The van der Waals surface area contributed by atoms with Gasteiger partial charge in [-0.15, -0.1) is 0 Å². The second kappa shape index (κ2) is 10.8. The highest BCUT2D eigenvalue weighted by molar-refractivity contribution is 5.87. The van der Waals surface area contributed by atoms with Crippen molar-refractivity contribution in [1.82, 2.24) is 9.88 Å². The topological polar surface area (TPSA) is 79.7 Å². The Balaban J connectivity index is 1.62. The molecule has 1 saturated heterocycles. The molecule has 0 radical (unpaired) electrons. The number of nitrogens with zero attached hydrogens (tertiary/aromatic N) is 2. The van der Waals surface area contributed by atoms with Gasteiger partial charge >= 0.3 is 18.2 Å². The zero-order valence-electron chi connectivity index (χ0n) is 21.4. The number of ether oxygens (including phenoxy) is 1. The van der Waals surface area contributed by atoms with E-state index in [9.17, 15) is 27.9 Å². The van der Waals surface area contributed by atoms with Crippen LogP contribution < -0.4 is 0 Å². The lowest BCUT2D eigenvalue weighted by molar-refractivity contribution is -0.139. The van der Waals surface area contributed by atoms with Crippen LogP contribution in [0.15, 0.2) is 91.3 Å². The predicted molar refractivity (Wildman–Crippen MR) is 142 cm³/mol. The first-order valence-electron chi connectivity index (χ1n) is 12.6. The number of alkyl halides is 3. The van der Waals surface area contributed by atoms with Gasteiger partial charge < -0.3 is 9.84 Å². The Morgan fingerprint density at radius 3 is 2.35 bits per heavy atom. The van der Waals surface area contributed by atoms with Crippen LogP contribution in [0.1, 0.15) is 35.3 Å². The number of hydrogen-bond donors (Lipinski definition) is 1. The first kappa shape index (κ1) is 26.9. The lowest BCUT2D eigenvalue weighted by Crippen LogP contribution is -2.31. The van der Waals surface area contributed by atoms with Crippen LogP contribution in [0.25, 0.3) is 22.3 Å². The Kier molecular flexibility index (Phi) is 7.30. The number of carbonyl (C=O) groups excluding carboxylic acids is 1. The summed E-state index contributed by atoms with van der Waals surface area (Å²) in [6, 6.07) is 21.7. The van der Waals surface area contributed by atoms with Gasteiger partial charge in [0, 0.05) is 18.0 Å². The molecule has 1 amide bonds. The summed E-state index contributed by atoms with van der Waals surface area (Å²) in [6.45, 7) is 2.02. The zero-order valence-corrected chi connectivity index (χ0v) is 21.4. The van der Waals surface area contributed by atoms with Crippen molar-refractivity contribution in [2.75, 3.05) is 0 Å². The fraction of sp³-hybridized carbons (Fsp3) is 0.194. The minimum absolute atomic E-state index is 0.140. The van der Waals surface area contributed by atoms with Gasteiger partial charge in [-0.05, 0) is 58.5 Å². The largest absolute Gasteiger partial charge is 0.481 e. The van der Waals surface area contributed by atoms with Crippen LogP contribution in [0, 0.1) is 0 Å². The number of cyclic esters (lactones) is 1. The highest BCUT2D eigenvalue weighted by Crippen LogP contribution is 2.42. The van der Waals surface area contributed by atoms with E-state index in [4.69, 9.17) is 4.74 Å². The number of amides is 1. The summed E-state index contributed by atoms with van der Waals surface area (Å²) in [4.78, 5) is 30.1. The first-order chi connectivity index (χ1) is 19.1. The molecule has 204 valence electrons. The molecule has 40 heavy (non-hydrogen) atoms. The van der Waals surface area contributed by atoms with Crippen molar-refractivity contribution in [2.24, 2.45) is 0 Å². The summed E-state index contributed by atoms with van der Waals surface area (Å²) in [7, 11) is 0. The Morgan fingerprint density at radius 1 is 0.950 bits per heavy atom. The van der Waals surface area contributed by atoms with E-state index in [2.05, 4.69) is 4.98 Å². The quantitative estimate of drug-likeness (QED) is 0.266. The van der Waals surface area contributed by atoms with Crippen molar-refractivity contribution in [1.29, 1.82) is 0 Å². The molecule has 3 aromatic carbocycles. The predicted octanol–water partition coefficient (Wildman–Crippen LogP) is 7.14.